The van der Waals surface area contributed by atoms with Gasteiger partial charge in [0.1, 0.15) is 14.1 Å². The Bertz CT molecular complexity index is 294. The Morgan fingerprint density at radius 2 is 2.33 bits per heavy atom. The minimum Gasteiger partial charge on any atom is -0.241 e. The number of nitrogens with zero attached hydrogens (tertiary/aromatic N) is 1. The van der Waals surface area contributed by atoms with E-state index in [2.05, 4.69) is 0 Å². The first kappa shape index (κ1) is 9.49. The molecule has 0 aliphatic rings. The highest BCUT2D eigenvalue weighted by molar-refractivity contribution is 7.12. The van der Waals surface area contributed by atoms with Gasteiger partial charge in [0.2, 0.25) is 0 Å². The maximum absolute atomic E-state index is 6.01. The molecule has 1 nitrogen and oxygen atoms in total. The average molecular weight is 201 g/mol. The molecule has 0 aliphatic heterocycles. The summed E-state index contributed by atoms with van der Waals surface area (Å²) in [5.41, 5.74) is 0. The molecule has 0 fully saturated rings. The summed E-state index contributed by atoms with van der Waals surface area (Å²) >= 11 is 7.65. The summed E-state index contributed by atoms with van der Waals surface area (Å²) in [5, 5.41) is 2.81. The molecule has 3 heteroatoms. The second kappa shape index (κ2) is 4.43. The standard InChI is InChI=1S/C9H11ClNS/c1-11(2)6-5-8(10)9-4-3-7-12-9/h3-7H,1-2H3/q+1/b8-5-. The predicted octanol–water partition coefficient (Wildman–Crippen LogP) is 2.67. The molecule has 0 amide bonds. The lowest BCUT2D eigenvalue weighted by atomic mass is 10.4. The molecule has 0 aromatic carbocycles. The van der Waals surface area contributed by atoms with Crippen LogP contribution in [-0.4, -0.2) is 24.9 Å². The van der Waals surface area contributed by atoms with Crippen LogP contribution in [0.1, 0.15) is 4.88 Å². The highest BCUT2D eigenvalue weighted by Gasteiger charge is 1.97. The van der Waals surface area contributed by atoms with Crippen LogP contribution in [0.4, 0.5) is 0 Å². The van der Waals surface area contributed by atoms with Gasteiger partial charge in [-0.05, 0) is 11.4 Å². The van der Waals surface area contributed by atoms with Crippen molar-refractivity contribution in [2.75, 3.05) is 14.1 Å². The highest BCUT2D eigenvalue weighted by atomic mass is 35.5. The number of thiophene rings is 1. The van der Waals surface area contributed by atoms with Gasteiger partial charge in [0.25, 0.3) is 0 Å². The number of hydrogen-bond acceptors (Lipinski definition) is 1. The predicted molar refractivity (Wildman–Crippen MR) is 56.3 cm³/mol. The molecule has 0 atom stereocenters. The van der Waals surface area contributed by atoms with Crippen LogP contribution in [0, 0.1) is 0 Å². The van der Waals surface area contributed by atoms with E-state index in [1.807, 2.05) is 48.5 Å². The maximum atomic E-state index is 6.01. The van der Waals surface area contributed by atoms with Crippen LogP contribution in [0.15, 0.2) is 23.6 Å². The van der Waals surface area contributed by atoms with Crippen molar-refractivity contribution in [3.8, 4) is 0 Å². The molecule has 1 aromatic heterocycles. The fraction of sp³-hybridized carbons (Fsp3) is 0.222. The number of allylic oxidation sites excluding steroid dienone is 1. The Morgan fingerprint density at radius 1 is 1.58 bits per heavy atom. The van der Waals surface area contributed by atoms with Crippen molar-refractivity contribution >= 4 is 34.2 Å². The lowest BCUT2D eigenvalue weighted by molar-refractivity contribution is -0.458. The smallest absolute Gasteiger partial charge is 0.164 e. The molecular formula is C9H11ClNS+. The first-order valence-corrected chi connectivity index (χ1v) is 4.87. The fourth-order valence-electron chi connectivity index (χ4n) is 0.711. The Morgan fingerprint density at radius 3 is 2.83 bits per heavy atom. The fourth-order valence-corrected chi connectivity index (χ4v) is 1.61. The zero-order valence-corrected chi connectivity index (χ0v) is 8.69. The molecule has 0 bridgehead atoms. The van der Waals surface area contributed by atoms with Gasteiger partial charge in [-0.2, -0.15) is 0 Å². The average Bonchev–Trinajstić information content (AvgIpc) is 2.51. The summed E-state index contributed by atoms with van der Waals surface area (Å²) in [6, 6.07) is 4.00. The monoisotopic (exact) mass is 200 g/mol. The van der Waals surface area contributed by atoms with Crippen molar-refractivity contribution in [1.82, 2.24) is 0 Å². The van der Waals surface area contributed by atoms with Gasteiger partial charge in [-0.25, -0.2) is 4.58 Å². The Kier molecular flexibility index (Phi) is 3.50. The topological polar surface area (TPSA) is 3.01 Å². The Labute approximate surface area is 81.6 Å². The summed E-state index contributed by atoms with van der Waals surface area (Å²) < 4.78 is 1.95. The molecule has 0 aliphatic carbocycles. The van der Waals surface area contributed by atoms with Crippen molar-refractivity contribution in [3.63, 3.8) is 0 Å². The summed E-state index contributed by atoms with van der Waals surface area (Å²) in [7, 11) is 3.93. The van der Waals surface area contributed by atoms with E-state index < -0.39 is 0 Å². The zero-order chi connectivity index (χ0) is 8.97. The van der Waals surface area contributed by atoms with Gasteiger partial charge >= 0.3 is 0 Å². The molecule has 64 valence electrons. The molecule has 0 spiro atoms. The van der Waals surface area contributed by atoms with Gasteiger partial charge in [-0.3, -0.25) is 0 Å². The third-order valence-corrected chi connectivity index (χ3v) is 2.62. The van der Waals surface area contributed by atoms with Crippen molar-refractivity contribution in [1.29, 1.82) is 0 Å². The van der Waals surface area contributed by atoms with Crippen LogP contribution >= 0.6 is 22.9 Å². The molecule has 1 aromatic rings. The van der Waals surface area contributed by atoms with Crippen LogP contribution in [-0.2, 0) is 0 Å². The van der Waals surface area contributed by atoms with E-state index in [9.17, 15) is 0 Å². The minimum atomic E-state index is 0.790. The largest absolute Gasteiger partial charge is 0.241 e. The van der Waals surface area contributed by atoms with Gasteiger partial charge in [-0.1, -0.05) is 17.7 Å². The summed E-state index contributed by atoms with van der Waals surface area (Å²) in [6.07, 6.45) is 3.83. The molecule has 1 rings (SSSR count). The third-order valence-electron chi connectivity index (χ3n) is 1.28. The van der Waals surface area contributed by atoms with Crippen LogP contribution < -0.4 is 0 Å². The van der Waals surface area contributed by atoms with Crippen LogP contribution in [0.3, 0.4) is 0 Å². The first-order valence-electron chi connectivity index (χ1n) is 3.61. The van der Waals surface area contributed by atoms with Gasteiger partial charge in [0, 0.05) is 11.0 Å². The molecule has 0 saturated carbocycles. The van der Waals surface area contributed by atoms with Crippen molar-refractivity contribution in [2.24, 2.45) is 0 Å². The van der Waals surface area contributed by atoms with Crippen LogP contribution in [0.25, 0.3) is 5.03 Å². The molecule has 1 heterocycles. The molecule has 0 N–H and O–H groups in total. The van der Waals surface area contributed by atoms with Gasteiger partial charge in [-0.15, -0.1) is 11.3 Å². The van der Waals surface area contributed by atoms with Crippen molar-refractivity contribution in [2.45, 2.75) is 0 Å². The number of hydrogen-bond donors (Lipinski definition) is 0. The highest BCUT2D eigenvalue weighted by Crippen LogP contribution is 2.22. The van der Waals surface area contributed by atoms with Gasteiger partial charge < -0.3 is 0 Å². The summed E-state index contributed by atoms with van der Waals surface area (Å²) in [5.74, 6) is 0. The van der Waals surface area contributed by atoms with E-state index >= 15 is 0 Å². The molecule has 0 unspecified atom stereocenters. The summed E-state index contributed by atoms with van der Waals surface area (Å²) in [4.78, 5) is 1.11. The number of halogens is 1. The Hall–Kier alpha value is -0.600. The third kappa shape index (κ3) is 2.80. The van der Waals surface area contributed by atoms with Gasteiger partial charge in [0.05, 0.1) is 5.03 Å². The normalized spacial score (nSPS) is 11.4. The van der Waals surface area contributed by atoms with Gasteiger partial charge in [0.15, 0.2) is 6.21 Å². The van der Waals surface area contributed by atoms with Crippen LogP contribution in [0.5, 0.6) is 0 Å². The van der Waals surface area contributed by atoms with Crippen molar-refractivity contribution in [3.05, 3.63) is 28.5 Å². The minimum absolute atomic E-state index is 0.790. The molecule has 0 saturated heterocycles. The quantitative estimate of drug-likeness (QED) is 0.510. The van der Waals surface area contributed by atoms with E-state index in [-0.39, 0.29) is 0 Å². The molecular weight excluding hydrogens is 190 g/mol. The van der Waals surface area contributed by atoms with E-state index in [1.54, 1.807) is 11.3 Å². The Balaban J connectivity index is 2.78. The number of rotatable bonds is 2. The zero-order valence-electron chi connectivity index (χ0n) is 7.12. The SMILES string of the molecule is C[N+](C)=C/C=C(\Cl)c1cccs1. The molecule has 12 heavy (non-hydrogen) atoms. The first-order chi connectivity index (χ1) is 5.70. The second-order valence-electron chi connectivity index (χ2n) is 2.60. The van der Waals surface area contributed by atoms with E-state index in [0.717, 1.165) is 9.91 Å². The second-order valence-corrected chi connectivity index (χ2v) is 3.96. The molecule has 0 radical (unpaired) electrons. The summed E-state index contributed by atoms with van der Waals surface area (Å²) in [6.45, 7) is 0. The van der Waals surface area contributed by atoms with E-state index in [1.165, 1.54) is 0 Å². The van der Waals surface area contributed by atoms with Crippen molar-refractivity contribution < 1.29 is 4.58 Å². The van der Waals surface area contributed by atoms with E-state index in [0.29, 0.717) is 0 Å². The lowest BCUT2D eigenvalue weighted by Crippen LogP contribution is -1.95. The van der Waals surface area contributed by atoms with E-state index in [4.69, 9.17) is 11.6 Å². The lowest BCUT2D eigenvalue weighted by Gasteiger charge is -1.88. The maximum Gasteiger partial charge on any atom is 0.164 e. The van der Waals surface area contributed by atoms with Crippen LogP contribution in [0.2, 0.25) is 0 Å².